The van der Waals surface area contributed by atoms with Crippen molar-refractivity contribution in [2.45, 2.75) is 47.1 Å². The van der Waals surface area contributed by atoms with Gasteiger partial charge in [0.05, 0.1) is 0 Å². The second kappa shape index (κ2) is 6.03. The minimum atomic E-state index is 0.106. The lowest BCUT2D eigenvalue weighted by molar-refractivity contribution is 0.0524. The maximum Gasteiger partial charge on any atom is 0.254 e. The Morgan fingerprint density at radius 3 is 2.11 bits per heavy atom. The molecular weight excluding hydrogens is 222 g/mol. The zero-order valence-electron chi connectivity index (χ0n) is 12.2. The van der Waals surface area contributed by atoms with Gasteiger partial charge in [-0.1, -0.05) is 45.9 Å². The molecule has 0 aliphatic carbocycles. The number of nitrogens with zero attached hydrogens (tertiary/aromatic N) is 1. The summed E-state index contributed by atoms with van der Waals surface area (Å²) in [4.78, 5) is 14.5. The van der Waals surface area contributed by atoms with Crippen molar-refractivity contribution in [2.24, 2.45) is 5.41 Å². The van der Waals surface area contributed by atoms with Crippen LogP contribution in [0.2, 0.25) is 0 Å². The van der Waals surface area contributed by atoms with Crippen LogP contribution in [-0.4, -0.2) is 23.4 Å². The number of carbonyl (C=O) groups excluding carboxylic acids is 1. The predicted molar refractivity (Wildman–Crippen MR) is 76.7 cm³/mol. The van der Waals surface area contributed by atoms with E-state index in [4.69, 9.17) is 0 Å². The van der Waals surface area contributed by atoms with Gasteiger partial charge in [-0.05, 0) is 30.9 Å². The van der Waals surface area contributed by atoms with Crippen molar-refractivity contribution < 1.29 is 4.79 Å². The SMILES string of the molecule is CCC(N(CC)C(=O)c1ccccc1)C(C)(C)C. The van der Waals surface area contributed by atoms with Crippen LogP contribution >= 0.6 is 0 Å². The molecule has 0 spiro atoms. The normalized spacial score (nSPS) is 13.2. The van der Waals surface area contributed by atoms with Crippen LogP contribution in [0.4, 0.5) is 0 Å². The molecule has 2 heteroatoms. The summed E-state index contributed by atoms with van der Waals surface area (Å²) in [6.07, 6.45) is 0.982. The van der Waals surface area contributed by atoms with Gasteiger partial charge >= 0.3 is 0 Å². The maximum atomic E-state index is 12.5. The fourth-order valence-electron chi connectivity index (χ4n) is 2.55. The Morgan fingerprint density at radius 1 is 1.17 bits per heavy atom. The van der Waals surface area contributed by atoms with Crippen LogP contribution in [0.15, 0.2) is 30.3 Å². The van der Waals surface area contributed by atoms with E-state index in [1.165, 1.54) is 0 Å². The molecule has 1 aromatic carbocycles. The van der Waals surface area contributed by atoms with E-state index in [1.807, 2.05) is 35.2 Å². The van der Waals surface area contributed by atoms with E-state index < -0.39 is 0 Å². The minimum Gasteiger partial charge on any atom is -0.335 e. The average Bonchev–Trinajstić information content (AvgIpc) is 2.34. The van der Waals surface area contributed by atoms with Crippen LogP contribution in [-0.2, 0) is 0 Å². The van der Waals surface area contributed by atoms with Gasteiger partial charge in [0.1, 0.15) is 0 Å². The molecule has 0 aliphatic heterocycles. The molecular formula is C16H25NO. The molecule has 0 saturated heterocycles. The highest BCUT2D eigenvalue weighted by Crippen LogP contribution is 2.27. The summed E-state index contributed by atoms with van der Waals surface area (Å²) in [7, 11) is 0. The molecule has 0 heterocycles. The Morgan fingerprint density at radius 2 is 1.72 bits per heavy atom. The van der Waals surface area contributed by atoms with Crippen molar-refractivity contribution in [3.05, 3.63) is 35.9 Å². The summed E-state index contributed by atoms with van der Waals surface area (Å²) in [6.45, 7) is 11.5. The monoisotopic (exact) mass is 247 g/mol. The molecule has 1 atom stereocenters. The van der Waals surface area contributed by atoms with Gasteiger partial charge in [-0.25, -0.2) is 0 Å². The molecule has 1 unspecified atom stereocenters. The van der Waals surface area contributed by atoms with Gasteiger partial charge in [0, 0.05) is 18.2 Å². The third kappa shape index (κ3) is 3.34. The number of benzene rings is 1. The quantitative estimate of drug-likeness (QED) is 0.788. The molecule has 0 bridgehead atoms. The standard InChI is InChI=1S/C16H25NO/c1-6-14(16(3,4)5)17(7-2)15(18)13-11-9-8-10-12-13/h8-12,14H,6-7H2,1-5H3. The number of amides is 1. The van der Waals surface area contributed by atoms with Crippen molar-refractivity contribution in [1.29, 1.82) is 0 Å². The molecule has 0 aromatic heterocycles. The molecule has 1 amide bonds. The van der Waals surface area contributed by atoms with Crippen LogP contribution in [0.5, 0.6) is 0 Å². The van der Waals surface area contributed by atoms with E-state index in [0.29, 0.717) is 0 Å². The largest absolute Gasteiger partial charge is 0.335 e. The van der Waals surface area contributed by atoms with E-state index in [2.05, 4.69) is 34.6 Å². The molecule has 0 saturated carbocycles. The lowest BCUT2D eigenvalue weighted by atomic mass is 9.83. The third-order valence-electron chi connectivity index (χ3n) is 3.38. The summed E-state index contributed by atoms with van der Waals surface area (Å²) in [6, 6.07) is 9.82. The van der Waals surface area contributed by atoms with Crippen LogP contribution < -0.4 is 0 Å². The zero-order chi connectivity index (χ0) is 13.8. The first-order valence-electron chi connectivity index (χ1n) is 6.77. The fraction of sp³-hybridized carbons (Fsp3) is 0.562. The second-order valence-electron chi connectivity index (χ2n) is 5.75. The van der Waals surface area contributed by atoms with E-state index in [9.17, 15) is 4.79 Å². The molecule has 0 aliphatic rings. The zero-order valence-corrected chi connectivity index (χ0v) is 12.2. The number of carbonyl (C=O) groups is 1. The Kier molecular flexibility index (Phi) is 4.94. The molecule has 0 fully saturated rings. The number of hydrogen-bond donors (Lipinski definition) is 0. The number of rotatable bonds is 4. The van der Waals surface area contributed by atoms with E-state index >= 15 is 0 Å². The molecule has 100 valence electrons. The Balaban J connectivity index is 2.99. The summed E-state index contributed by atoms with van der Waals surface area (Å²) in [5.41, 5.74) is 0.886. The first-order valence-corrected chi connectivity index (χ1v) is 6.77. The molecule has 18 heavy (non-hydrogen) atoms. The van der Waals surface area contributed by atoms with Crippen LogP contribution in [0.1, 0.15) is 51.4 Å². The van der Waals surface area contributed by atoms with Crippen molar-refractivity contribution >= 4 is 5.91 Å². The van der Waals surface area contributed by atoms with Crippen molar-refractivity contribution in [2.75, 3.05) is 6.54 Å². The maximum absolute atomic E-state index is 12.5. The molecule has 1 rings (SSSR count). The van der Waals surface area contributed by atoms with Gasteiger partial charge in [0.25, 0.3) is 5.91 Å². The summed E-state index contributed by atoms with van der Waals surface area (Å²) in [5.74, 6) is 0.139. The predicted octanol–water partition coefficient (Wildman–Crippen LogP) is 3.97. The van der Waals surface area contributed by atoms with Gasteiger partial charge < -0.3 is 4.90 Å². The van der Waals surface area contributed by atoms with Crippen LogP contribution in [0.25, 0.3) is 0 Å². The Bertz CT molecular complexity index is 378. The van der Waals surface area contributed by atoms with E-state index in [0.717, 1.165) is 18.5 Å². The summed E-state index contributed by atoms with van der Waals surface area (Å²) < 4.78 is 0. The average molecular weight is 247 g/mol. The van der Waals surface area contributed by atoms with Crippen LogP contribution in [0, 0.1) is 5.41 Å². The molecule has 2 nitrogen and oxygen atoms in total. The van der Waals surface area contributed by atoms with E-state index in [1.54, 1.807) is 0 Å². The van der Waals surface area contributed by atoms with Gasteiger partial charge in [-0.15, -0.1) is 0 Å². The van der Waals surface area contributed by atoms with Crippen LogP contribution in [0.3, 0.4) is 0 Å². The highest BCUT2D eigenvalue weighted by atomic mass is 16.2. The minimum absolute atomic E-state index is 0.106. The molecule has 0 radical (unpaired) electrons. The lowest BCUT2D eigenvalue weighted by Crippen LogP contribution is -2.47. The molecule has 0 N–H and O–H groups in total. The third-order valence-corrected chi connectivity index (χ3v) is 3.38. The highest BCUT2D eigenvalue weighted by Gasteiger charge is 2.31. The van der Waals surface area contributed by atoms with Gasteiger partial charge in [0.2, 0.25) is 0 Å². The van der Waals surface area contributed by atoms with Gasteiger partial charge in [-0.2, -0.15) is 0 Å². The van der Waals surface area contributed by atoms with Crippen molar-refractivity contribution in [3.63, 3.8) is 0 Å². The van der Waals surface area contributed by atoms with Gasteiger partial charge in [-0.3, -0.25) is 4.79 Å². The Labute approximate surface area is 111 Å². The fourth-order valence-corrected chi connectivity index (χ4v) is 2.55. The molecule has 1 aromatic rings. The lowest BCUT2D eigenvalue weighted by Gasteiger charge is -2.39. The van der Waals surface area contributed by atoms with E-state index in [-0.39, 0.29) is 17.4 Å². The Hall–Kier alpha value is -1.31. The second-order valence-corrected chi connectivity index (χ2v) is 5.75. The number of hydrogen-bond acceptors (Lipinski definition) is 1. The smallest absolute Gasteiger partial charge is 0.254 e. The first kappa shape index (κ1) is 14.7. The van der Waals surface area contributed by atoms with Crippen molar-refractivity contribution in [3.8, 4) is 0 Å². The summed E-state index contributed by atoms with van der Waals surface area (Å²) >= 11 is 0. The highest BCUT2D eigenvalue weighted by molar-refractivity contribution is 5.94. The van der Waals surface area contributed by atoms with Crippen molar-refractivity contribution in [1.82, 2.24) is 4.90 Å². The first-order chi connectivity index (χ1) is 8.41. The van der Waals surface area contributed by atoms with Gasteiger partial charge in [0.15, 0.2) is 0 Å². The summed E-state index contributed by atoms with van der Waals surface area (Å²) in [5, 5.41) is 0. The topological polar surface area (TPSA) is 20.3 Å².